The zero-order chi connectivity index (χ0) is 10.9. The number of nitrogens with zero attached hydrogens (tertiary/aromatic N) is 3. The molecule has 1 fully saturated rings. The van der Waals surface area contributed by atoms with Crippen molar-refractivity contribution in [2.24, 2.45) is 4.99 Å². The fraction of sp³-hybridized carbons (Fsp3) is 0.583. The summed E-state index contributed by atoms with van der Waals surface area (Å²) in [5.41, 5.74) is 0. The monoisotopic (exact) mass is 207 g/mol. The van der Waals surface area contributed by atoms with Crippen molar-refractivity contribution in [3.8, 4) is 0 Å². The summed E-state index contributed by atoms with van der Waals surface area (Å²) >= 11 is 0. The van der Waals surface area contributed by atoms with Gasteiger partial charge in [0, 0.05) is 38.9 Å². The van der Waals surface area contributed by atoms with Gasteiger partial charge in [0.15, 0.2) is 0 Å². The Bertz CT molecular complexity index is 225. The average Bonchev–Trinajstić information content (AvgIpc) is 2.26. The number of piperazine rings is 1. The maximum absolute atomic E-state index is 4.31. The third-order valence-electron chi connectivity index (χ3n) is 2.58. The van der Waals surface area contributed by atoms with E-state index in [2.05, 4.69) is 28.4 Å². The number of rotatable bonds is 5. The van der Waals surface area contributed by atoms with Crippen LogP contribution in [0.4, 0.5) is 0 Å². The summed E-state index contributed by atoms with van der Waals surface area (Å²) < 4.78 is 0. The molecule has 0 aromatic carbocycles. The molecule has 1 saturated heterocycles. The molecule has 1 aliphatic heterocycles. The molecule has 0 aromatic heterocycles. The largest absolute Gasteiger partial charge is 0.304 e. The topological polar surface area (TPSA) is 18.8 Å². The van der Waals surface area contributed by atoms with Gasteiger partial charge in [0.1, 0.15) is 0 Å². The van der Waals surface area contributed by atoms with Gasteiger partial charge in [0.05, 0.1) is 6.54 Å². The molecule has 0 radical (unpaired) electrons. The third-order valence-corrected chi connectivity index (χ3v) is 2.58. The quantitative estimate of drug-likeness (QED) is 0.495. The number of allylic oxidation sites excluding steroid dienone is 3. The lowest BCUT2D eigenvalue weighted by molar-refractivity contribution is 0.157. The molecule has 0 saturated carbocycles. The highest BCUT2D eigenvalue weighted by atomic mass is 15.2. The van der Waals surface area contributed by atoms with E-state index in [1.165, 1.54) is 26.2 Å². The van der Waals surface area contributed by atoms with Crippen LogP contribution in [0, 0.1) is 0 Å². The van der Waals surface area contributed by atoms with E-state index < -0.39 is 0 Å². The van der Waals surface area contributed by atoms with Gasteiger partial charge < -0.3 is 4.90 Å². The fourth-order valence-corrected chi connectivity index (χ4v) is 1.53. The Hall–Kier alpha value is -0.930. The van der Waals surface area contributed by atoms with Crippen LogP contribution in [-0.2, 0) is 0 Å². The first-order valence-electron chi connectivity index (χ1n) is 5.51. The van der Waals surface area contributed by atoms with Crippen LogP contribution in [0.5, 0.6) is 0 Å². The van der Waals surface area contributed by atoms with Crippen molar-refractivity contribution in [2.75, 3.05) is 46.3 Å². The molecule has 3 nitrogen and oxygen atoms in total. The van der Waals surface area contributed by atoms with E-state index in [0.717, 1.165) is 13.1 Å². The number of aliphatic imine (C=N–C) groups is 1. The van der Waals surface area contributed by atoms with Crippen LogP contribution in [0.25, 0.3) is 0 Å². The Labute approximate surface area is 92.8 Å². The van der Waals surface area contributed by atoms with Gasteiger partial charge in [0.25, 0.3) is 0 Å². The average molecular weight is 207 g/mol. The first kappa shape index (κ1) is 12.1. The molecule has 1 aliphatic rings. The van der Waals surface area contributed by atoms with Crippen LogP contribution in [-0.4, -0.2) is 62.3 Å². The molecule has 0 N–H and O–H groups in total. The highest BCUT2D eigenvalue weighted by Gasteiger charge is 2.12. The molecule has 0 aliphatic carbocycles. The van der Waals surface area contributed by atoms with Gasteiger partial charge in [0.2, 0.25) is 0 Å². The summed E-state index contributed by atoms with van der Waals surface area (Å²) in [5.74, 6) is 0. The van der Waals surface area contributed by atoms with Gasteiger partial charge >= 0.3 is 0 Å². The maximum atomic E-state index is 4.31. The van der Waals surface area contributed by atoms with E-state index in [4.69, 9.17) is 0 Å². The highest BCUT2D eigenvalue weighted by molar-refractivity contribution is 5.71. The van der Waals surface area contributed by atoms with E-state index >= 15 is 0 Å². The summed E-state index contributed by atoms with van der Waals surface area (Å²) in [6, 6.07) is 0. The van der Waals surface area contributed by atoms with Gasteiger partial charge in [-0.15, -0.1) is 0 Å². The predicted molar refractivity (Wildman–Crippen MR) is 66.6 cm³/mol. The van der Waals surface area contributed by atoms with E-state index in [0.29, 0.717) is 0 Å². The molecule has 1 rings (SSSR count). The summed E-state index contributed by atoms with van der Waals surface area (Å²) in [6.45, 7) is 10.3. The second kappa shape index (κ2) is 7.37. The number of hydrogen-bond acceptors (Lipinski definition) is 3. The van der Waals surface area contributed by atoms with Gasteiger partial charge in [-0.3, -0.25) is 9.89 Å². The van der Waals surface area contributed by atoms with Crippen LogP contribution >= 0.6 is 0 Å². The van der Waals surface area contributed by atoms with Crippen LogP contribution in [0.3, 0.4) is 0 Å². The van der Waals surface area contributed by atoms with Gasteiger partial charge in [-0.1, -0.05) is 18.7 Å². The highest BCUT2D eigenvalue weighted by Crippen LogP contribution is 1.97. The van der Waals surface area contributed by atoms with Crippen molar-refractivity contribution >= 4 is 6.21 Å². The normalized spacial score (nSPS) is 20.3. The summed E-state index contributed by atoms with van der Waals surface area (Å²) in [7, 11) is 2.18. The molecule has 0 amide bonds. The lowest BCUT2D eigenvalue weighted by Crippen LogP contribution is -2.45. The Balaban J connectivity index is 2.07. The Morgan fingerprint density at radius 2 is 1.93 bits per heavy atom. The second-order valence-corrected chi connectivity index (χ2v) is 3.82. The molecule has 0 bridgehead atoms. The smallest absolute Gasteiger partial charge is 0.0516 e. The number of likely N-dealkylation sites (N-methyl/N-ethyl adjacent to an activating group) is 1. The molecule has 0 aromatic rings. The minimum absolute atomic E-state index is 0.894. The summed E-state index contributed by atoms with van der Waals surface area (Å²) in [4.78, 5) is 9.14. The first-order valence-corrected chi connectivity index (χ1v) is 5.51. The molecular formula is C12H21N3. The molecule has 84 valence electrons. The molecule has 0 atom stereocenters. The van der Waals surface area contributed by atoms with E-state index in [9.17, 15) is 0 Å². The summed E-state index contributed by atoms with van der Waals surface area (Å²) in [6.07, 6.45) is 7.40. The number of hydrogen-bond donors (Lipinski definition) is 0. The van der Waals surface area contributed by atoms with Crippen molar-refractivity contribution in [1.29, 1.82) is 0 Å². The van der Waals surface area contributed by atoms with Gasteiger partial charge in [-0.25, -0.2) is 0 Å². The molecular weight excluding hydrogens is 186 g/mol. The Kier molecular flexibility index (Phi) is 5.97. The minimum atomic E-state index is 0.894. The van der Waals surface area contributed by atoms with Gasteiger partial charge in [-0.05, 0) is 13.1 Å². The standard InChI is InChI=1S/C12H21N3/c1-3-4-5-6-13-7-8-15-11-9-14(2)10-12-15/h3-6H,1,7-12H2,2H3/b5-4-,13-6?. The zero-order valence-corrected chi connectivity index (χ0v) is 9.60. The zero-order valence-electron chi connectivity index (χ0n) is 9.60. The van der Waals surface area contributed by atoms with Crippen molar-refractivity contribution in [1.82, 2.24) is 9.80 Å². The van der Waals surface area contributed by atoms with Crippen molar-refractivity contribution in [3.05, 3.63) is 24.8 Å². The van der Waals surface area contributed by atoms with Crippen LogP contribution < -0.4 is 0 Å². The second-order valence-electron chi connectivity index (χ2n) is 3.82. The fourth-order valence-electron chi connectivity index (χ4n) is 1.53. The third kappa shape index (κ3) is 5.50. The summed E-state index contributed by atoms with van der Waals surface area (Å²) in [5, 5.41) is 0. The maximum Gasteiger partial charge on any atom is 0.0516 e. The molecule has 1 heterocycles. The molecule has 0 unspecified atom stereocenters. The first-order chi connectivity index (χ1) is 7.33. The van der Waals surface area contributed by atoms with E-state index in [1.807, 2.05) is 18.4 Å². The van der Waals surface area contributed by atoms with E-state index in [1.54, 1.807) is 6.08 Å². The van der Waals surface area contributed by atoms with Gasteiger partial charge in [-0.2, -0.15) is 0 Å². The van der Waals surface area contributed by atoms with Crippen LogP contribution in [0.15, 0.2) is 29.8 Å². The van der Waals surface area contributed by atoms with Crippen LogP contribution in [0.1, 0.15) is 0 Å². The Morgan fingerprint density at radius 1 is 1.20 bits per heavy atom. The lowest BCUT2D eigenvalue weighted by Gasteiger charge is -2.31. The minimum Gasteiger partial charge on any atom is -0.304 e. The SMILES string of the molecule is C=C/C=C\C=NCCN1CCN(C)CC1. The Morgan fingerprint density at radius 3 is 2.60 bits per heavy atom. The molecule has 0 spiro atoms. The molecule has 15 heavy (non-hydrogen) atoms. The lowest BCUT2D eigenvalue weighted by atomic mass is 10.3. The predicted octanol–water partition coefficient (Wildman–Crippen LogP) is 1.05. The van der Waals surface area contributed by atoms with Crippen molar-refractivity contribution in [3.63, 3.8) is 0 Å². The molecule has 3 heteroatoms. The van der Waals surface area contributed by atoms with Crippen LogP contribution in [0.2, 0.25) is 0 Å². The van der Waals surface area contributed by atoms with Crippen molar-refractivity contribution in [2.45, 2.75) is 0 Å². The van der Waals surface area contributed by atoms with Crippen molar-refractivity contribution < 1.29 is 0 Å². The van der Waals surface area contributed by atoms with E-state index in [-0.39, 0.29) is 0 Å².